The Hall–Kier alpha value is -3.99. The molecular formula is C26H23F4NO6. The average Bonchev–Trinajstić information content (AvgIpc) is 2.84. The van der Waals surface area contributed by atoms with Crippen molar-refractivity contribution in [2.24, 2.45) is 5.92 Å². The number of ketones is 1. The number of alkyl halides is 3. The number of hydrogen-bond acceptors (Lipinski definition) is 5. The van der Waals surface area contributed by atoms with E-state index in [1.54, 1.807) is 6.08 Å². The smallest absolute Gasteiger partial charge is 0.416 e. The summed E-state index contributed by atoms with van der Waals surface area (Å²) in [4.78, 5) is 37.9. The standard InChI is InChI=1S/C26H23F4NO6/c27-18-6-4-16(5-7-18)24(34)21(22(25(35)36)15-23(32)33)10-13-31-11-8-19(9-12-31)37-20-3-1-2-17(14-20)26(28,29)30/h1-8,14-15,21H,9-13H2,(H,32,33)(H,35,36). The quantitative estimate of drug-likeness (QED) is 0.263. The van der Waals surface area contributed by atoms with E-state index in [2.05, 4.69) is 0 Å². The van der Waals surface area contributed by atoms with Crippen LogP contribution < -0.4 is 4.74 Å². The molecule has 11 heteroatoms. The molecule has 0 saturated carbocycles. The maximum atomic E-state index is 13.3. The average molecular weight is 521 g/mol. The Balaban J connectivity index is 1.70. The fourth-order valence-electron chi connectivity index (χ4n) is 3.87. The van der Waals surface area contributed by atoms with Crippen molar-refractivity contribution in [2.75, 3.05) is 19.6 Å². The van der Waals surface area contributed by atoms with Crippen molar-refractivity contribution in [3.05, 3.63) is 89.0 Å². The Morgan fingerprint density at radius 1 is 1.08 bits per heavy atom. The fraction of sp³-hybridized carbons (Fsp3) is 0.269. The van der Waals surface area contributed by atoms with Crippen molar-refractivity contribution >= 4 is 17.7 Å². The highest BCUT2D eigenvalue weighted by Gasteiger charge is 2.31. The van der Waals surface area contributed by atoms with Crippen molar-refractivity contribution in [2.45, 2.75) is 19.0 Å². The predicted molar refractivity (Wildman–Crippen MR) is 123 cm³/mol. The van der Waals surface area contributed by atoms with Crippen LogP contribution in [0.15, 0.2) is 72.0 Å². The van der Waals surface area contributed by atoms with Crippen LogP contribution in [0.1, 0.15) is 28.8 Å². The molecule has 1 heterocycles. The number of carboxylic acid groups (broad SMARTS) is 2. The zero-order valence-corrected chi connectivity index (χ0v) is 19.4. The molecule has 0 radical (unpaired) electrons. The van der Waals surface area contributed by atoms with Crippen LogP contribution in [-0.4, -0.2) is 52.5 Å². The highest BCUT2D eigenvalue weighted by atomic mass is 19.4. The summed E-state index contributed by atoms with van der Waals surface area (Å²) in [5, 5.41) is 18.7. The molecule has 196 valence electrons. The molecule has 7 nitrogen and oxygen atoms in total. The van der Waals surface area contributed by atoms with Crippen molar-refractivity contribution in [1.29, 1.82) is 0 Å². The summed E-state index contributed by atoms with van der Waals surface area (Å²) in [7, 11) is 0. The lowest BCUT2D eigenvalue weighted by Crippen LogP contribution is -2.34. The lowest BCUT2D eigenvalue weighted by Gasteiger charge is -2.28. The van der Waals surface area contributed by atoms with Gasteiger partial charge in [0.05, 0.1) is 17.1 Å². The van der Waals surface area contributed by atoms with E-state index in [1.807, 2.05) is 4.90 Å². The topological polar surface area (TPSA) is 104 Å². The van der Waals surface area contributed by atoms with Gasteiger partial charge >= 0.3 is 18.1 Å². The summed E-state index contributed by atoms with van der Waals surface area (Å²) >= 11 is 0. The summed E-state index contributed by atoms with van der Waals surface area (Å²) in [6.07, 6.45) is -2.02. The third kappa shape index (κ3) is 7.74. The minimum absolute atomic E-state index is 0.0285. The van der Waals surface area contributed by atoms with Gasteiger partial charge in [0.15, 0.2) is 5.78 Å². The van der Waals surface area contributed by atoms with E-state index in [-0.39, 0.29) is 24.3 Å². The van der Waals surface area contributed by atoms with E-state index >= 15 is 0 Å². The number of ether oxygens (including phenoxy) is 1. The van der Waals surface area contributed by atoms with Gasteiger partial charge in [0.1, 0.15) is 17.3 Å². The first-order valence-corrected chi connectivity index (χ1v) is 11.2. The molecule has 2 N–H and O–H groups in total. The van der Waals surface area contributed by atoms with Gasteiger partial charge < -0.3 is 14.9 Å². The van der Waals surface area contributed by atoms with E-state index < -0.39 is 46.8 Å². The van der Waals surface area contributed by atoms with Crippen LogP contribution in [0.25, 0.3) is 0 Å². The molecule has 0 amide bonds. The maximum absolute atomic E-state index is 13.3. The maximum Gasteiger partial charge on any atom is 0.416 e. The van der Waals surface area contributed by atoms with Gasteiger partial charge in [0.25, 0.3) is 0 Å². The summed E-state index contributed by atoms with van der Waals surface area (Å²) in [6, 6.07) is 9.00. The van der Waals surface area contributed by atoms with E-state index in [0.29, 0.717) is 31.3 Å². The van der Waals surface area contributed by atoms with Crippen LogP contribution in [0.5, 0.6) is 5.75 Å². The van der Waals surface area contributed by atoms with Gasteiger partial charge in [0, 0.05) is 31.1 Å². The highest BCUT2D eigenvalue weighted by molar-refractivity contribution is 6.07. The predicted octanol–water partition coefficient (Wildman–Crippen LogP) is 4.80. The van der Waals surface area contributed by atoms with Crippen molar-refractivity contribution < 1.29 is 46.9 Å². The molecule has 0 fully saturated rings. The molecule has 3 rings (SSSR count). The highest BCUT2D eigenvalue weighted by Crippen LogP contribution is 2.32. The van der Waals surface area contributed by atoms with Crippen molar-refractivity contribution in [3.8, 4) is 5.75 Å². The molecule has 0 spiro atoms. The van der Waals surface area contributed by atoms with Crippen LogP contribution in [-0.2, 0) is 15.8 Å². The van der Waals surface area contributed by atoms with Crippen LogP contribution in [0.3, 0.4) is 0 Å². The lowest BCUT2D eigenvalue weighted by atomic mass is 9.87. The number of halogens is 4. The van der Waals surface area contributed by atoms with Crippen LogP contribution in [0.2, 0.25) is 0 Å². The molecule has 0 saturated heterocycles. The number of carboxylic acids is 2. The molecule has 0 aliphatic carbocycles. The van der Waals surface area contributed by atoms with Crippen LogP contribution in [0, 0.1) is 11.7 Å². The van der Waals surface area contributed by atoms with E-state index in [4.69, 9.17) is 9.84 Å². The molecule has 1 aliphatic heterocycles. The minimum Gasteiger partial charge on any atom is -0.478 e. The molecule has 1 aliphatic rings. The molecule has 37 heavy (non-hydrogen) atoms. The monoisotopic (exact) mass is 521 g/mol. The molecule has 2 aromatic rings. The Kier molecular flexibility index (Phi) is 8.82. The Morgan fingerprint density at radius 3 is 2.35 bits per heavy atom. The molecule has 1 unspecified atom stereocenters. The largest absolute Gasteiger partial charge is 0.478 e. The normalized spacial score (nSPS) is 15.6. The van der Waals surface area contributed by atoms with E-state index in [9.17, 15) is 37.1 Å². The Morgan fingerprint density at radius 2 is 1.78 bits per heavy atom. The zero-order chi connectivity index (χ0) is 27.2. The summed E-state index contributed by atoms with van der Waals surface area (Å²) < 4.78 is 57.6. The Bertz CT molecular complexity index is 1220. The summed E-state index contributed by atoms with van der Waals surface area (Å²) in [5.41, 5.74) is -1.38. The zero-order valence-electron chi connectivity index (χ0n) is 19.4. The molecule has 1 atom stereocenters. The second-order valence-corrected chi connectivity index (χ2v) is 8.30. The number of hydrogen-bond donors (Lipinski definition) is 2. The second-order valence-electron chi connectivity index (χ2n) is 8.30. The van der Waals surface area contributed by atoms with Crippen molar-refractivity contribution in [1.82, 2.24) is 4.90 Å². The fourth-order valence-corrected chi connectivity index (χ4v) is 3.87. The molecule has 0 aromatic heterocycles. The lowest BCUT2D eigenvalue weighted by molar-refractivity contribution is -0.137. The number of Topliss-reactive ketones (excluding diaryl/α,β-unsaturated/α-hetero) is 1. The van der Waals surface area contributed by atoms with Gasteiger partial charge in [-0.1, -0.05) is 6.07 Å². The number of aliphatic carboxylic acids is 2. The van der Waals surface area contributed by atoms with Gasteiger partial charge in [-0.15, -0.1) is 0 Å². The van der Waals surface area contributed by atoms with E-state index in [1.165, 1.54) is 24.3 Å². The van der Waals surface area contributed by atoms with Crippen LogP contribution in [0.4, 0.5) is 17.6 Å². The first-order chi connectivity index (χ1) is 17.4. The summed E-state index contributed by atoms with van der Waals surface area (Å²) in [6.45, 7) is 0.944. The third-order valence-electron chi connectivity index (χ3n) is 5.74. The number of carbonyl (C=O) groups excluding carboxylic acids is 1. The number of carbonyl (C=O) groups is 3. The second kappa shape index (κ2) is 11.8. The van der Waals surface area contributed by atoms with Crippen molar-refractivity contribution in [3.63, 3.8) is 0 Å². The Labute approximate surface area is 209 Å². The molecular weight excluding hydrogens is 498 g/mol. The summed E-state index contributed by atoms with van der Waals surface area (Å²) in [5.74, 6) is -5.11. The van der Waals surface area contributed by atoms with E-state index in [0.717, 1.165) is 24.3 Å². The number of benzene rings is 2. The molecule has 2 aromatic carbocycles. The van der Waals surface area contributed by atoms with Crippen LogP contribution >= 0.6 is 0 Å². The third-order valence-corrected chi connectivity index (χ3v) is 5.74. The van der Waals surface area contributed by atoms with Gasteiger partial charge in [-0.2, -0.15) is 13.2 Å². The number of rotatable bonds is 10. The molecule has 0 bridgehead atoms. The van der Waals surface area contributed by atoms with Gasteiger partial charge in [-0.25, -0.2) is 14.0 Å². The van der Waals surface area contributed by atoms with Gasteiger partial charge in [-0.05, 0) is 61.5 Å². The van der Waals surface area contributed by atoms with Gasteiger partial charge in [-0.3, -0.25) is 9.69 Å². The first-order valence-electron chi connectivity index (χ1n) is 11.2. The SMILES string of the molecule is O=C(O)C=C(C(=O)O)C(CCN1CC=C(Oc2cccc(C(F)(F)F)c2)CC1)C(=O)c1ccc(F)cc1. The van der Waals surface area contributed by atoms with Gasteiger partial charge in [0.2, 0.25) is 0 Å². The first kappa shape index (κ1) is 27.6. The minimum atomic E-state index is -4.50. The number of nitrogens with zero attached hydrogens (tertiary/aromatic N) is 1.